The monoisotopic (exact) mass is 307 g/mol. The van der Waals surface area contributed by atoms with E-state index in [9.17, 15) is 25.1 Å². The Morgan fingerprint density at radius 2 is 2.00 bits per heavy atom. The lowest BCUT2D eigenvalue weighted by atomic mass is 9.98. The van der Waals surface area contributed by atoms with E-state index in [1.807, 2.05) is 6.07 Å². The maximum Gasteiger partial charge on any atom is 0.314 e. The summed E-state index contributed by atoms with van der Waals surface area (Å²) in [5.41, 5.74) is -0.434. The van der Waals surface area contributed by atoms with Crippen LogP contribution in [-0.4, -0.2) is 39.0 Å². The van der Waals surface area contributed by atoms with Crippen LogP contribution >= 0.6 is 0 Å². The highest BCUT2D eigenvalue weighted by Crippen LogP contribution is 2.36. The summed E-state index contributed by atoms with van der Waals surface area (Å²) in [6.45, 7) is 4.48. The number of phenolic OH excluding ortho intramolecular Hbond substituents is 2. The number of nitro benzene ring substituents is 1. The summed E-state index contributed by atoms with van der Waals surface area (Å²) in [7, 11) is 0. The van der Waals surface area contributed by atoms with Crippen molar-refractivity contribution in [2.24, 2.45) is 5.92 Å². The lowest BCUT2D eigenvalue weighted by Crippen LogP contribution is -2.36. The van der Waals surface area contributed by atoms with Gasteiger partial charge in [0.1, 0.15) is 5.92 Å². The molecule has 2 N–H and O–H groups in total. The molecule has 0 fully saturated rings. The molecule has 22 heavy (non-hydrogen) atoms. The Balaban J connectivity index is 3.09. The summed E-state index contributed by atoms with van der Waals surface area (Å²) in [5.74, 6) is -2.88. The minimum atomic E-state index is -1.01. The molecule has 1 aromatic carbocycles. The first-order valence-corrected chi connectivity index (χ1v) is 6.73. The second-order valence-corrected chi connectivity index (χ2v) is 4.64. The quantitative estimate of drug-likeness (QED) is 0.466. The van der Waals surface area contributed by atoms with Crippen LogP contribution in [0.5, 0.6) is 11.5 Å². The zero-order valence-corrected chi connectivity index (χ0v) is 12.3. The van der Waals surface area contributed by atoms with Gasteiger partial charge in [0.05, 0.1) is 11.0 Å². The van der Waals surface area contributed by atoms with Crippen molar-refractivity contribution in [3.8, 4) is 17.6 Å². The largest absolute Gasteiger partial charge is 0.504 e. The molecule has 0 heterocycles. The van der Waals surface area contributed by atoms with Gasteiger partial charge in [0.2, 0.25) is 11.7 Å². The Hall–Kier alpha value is -2.82. The SMILES string of the molecule is CCN(CC)C(=O)C(C#N)Cc1cc(O)c(O)c([N+](=O)[O-])c1. The fourth-order valence-electron chi connectivity index (χ4n) is 2.10. The summed E-state index contributed by atoms with van der Waals surface area (Å²) in [4.78, 5) is 23.6. The van der Waals surface area contributed by atoms with Gasteiger partial charge in [-0.05, 0) is 31.9 Å². The summed E-state index contributed by atoms with van der Waals surface area (Å²) < 4.78 is 0. The second kappa shape index (κ2) is 7.26. The van der Waals surface area contributed by atoms with Gasteiger partial charge in [0.15, 0.2) is 5.75 Å². The van der Waals surface area contributed by atoms with Crippen molar-refractivity contribution in [2.75, 3.05) is 13.1 Å². The summed E-state index contributed by atoms with van der Waals surface area (Å²) >= 11 is 0. The third kappa shape index (κ3) is 3.63. The first-order chi connectivity index (χ1) is 10.3. The number of carbonyl (C=O) groups is 1. The Kier molecular flexibility index (Phi) is 5.69. The molecule has 1 rings (SSSR count). The fourth-order valence-corrected chi connectivity index (χ4v) is 2.10. The first kappa shape index (κ1) is 17.2. The van der Waals surface area contributed by atoms with Crippen molar-refractivity contribution in [3.63, 3.8) is 0 Å². The molecule has 1 aromatic rings. The molecule has 0 saturated heterocycles. The molecule has 0 aliphatic rings. The van der Waals surface area contributed by atoms with Gasteiger partial charge in [0.25, 0.3) is 0 Å². The topological polar surface area (TPSA) is 128 Å². The molecule has 0 aliphatic heterocycles. The number of carbonyl (C=O) groups excluding carboxylic acids is 1. The Morgan fingerprint density at radius 3 is 2.45 bits per heavy atom. The van der Waals surface area contributed by atoms with Gasteiger partial charge in [-0.25, -0.2) is 0 Å². The van der Waals surface area contributed by atoms with E-state index < -0.39 is 28.0 Å². The van der Waals surface area contributed by atoms with Crippen LogP contribution in [0.4, 0.5) is 5.69 Å². The Morgan fingerprint density at radius 1 is 1.41 bits per heavy atom. The van der Waals surface area contributed by atoms with E-state index in [1.54, 1.807) is 13.8 Å². The number of amides is 1. The van der Waals surface area contributed by atoms with Crippen LogP contribution in [0.2, 0.25) is 0 Å². The molecule has 0 aromatic heterocycles. The van der Waals surface area contributed by atoms with E-state index in [0.717, 1.165) is 12.1 Å². The summed E-state index contributed by atoms with van der Waals surface area (Å²) in [6.07, 6.45) is -0.0828. The van der Waals surface area contributed by atoms with E-state index in [1.165, 1.54) is 4.90 Å². The summed E-state index contributed by atoms with van der Waals surface area (Å²) in [6, 6.07) is 4.04. The maximum absolute atomic E-state index is 12.2. The van der Waals surface area contributed by atoms with E-state index >= 15 is 0 Å². The lowest BCUT2D eigenvalue weighted by Gasteiger charge is -2.21. The number of benzene rings is 1. The molecular formula is C14H17N3O5. The minimum Gasteiger partial charge on any atom is -0.504 e. The molecule has 118 valence electrons. The van der Waals surface area contributed by atoms with Crippen LogP contribution in [0.1, 0.15) is 19.4 Å². The number of nitrogens with zero attached hydrogens (tertiary/aromatic N) is 3. The predicted octanol–water partition coefficient (Wildman–Crippen LogP) is 1.56. The van der Waals surface area contributed by atoms with Crippen molar-refractivity contribution in [1.29, 1.82) is 5.26 Å². The molecule has 0 radical (unpaired) electrons. The van der Waals surface area contributed by atoms with E-state index in [-0.39, 0.29) is 17.9 Å². The van der Waals surface area contributed by atoms with Gasteiger partial charge in [-0.1, -0.05) is 0 Å². The number of phenols is 2. The van der Waals surface area contributed by atoms with Crippen molar-refractivity contribution in [2.45, 2.75) is 20.3 Å². The number of nitriles is 1. The number of hydrogen-bond donors (Lipinski definition) is 2. The van der Waals surface area contributed by atoms with E-state index in [0.29, 0.717) is 13.1 Å². The number of aromatic hydroxyl groups is 2. The zero-order chi connectivity index (χ0) is 16.9. The molecule has 1 atom stereocenters. The van der Waals surface area contributed by atoms with Crippen molar-refractivity contribution >= 4 is 11.6 Å². The average molecular weight is 307 g/mol. The number of nitro groups is 1. The molecule has 8 heteroatoms. The summed E-state index contributed by atoms with van der Waals surface area (Å²) in [5, 5.41) is 38.9. The highest BCUT2D eigenvalue weighted by atomic mass is 16.6. The van der Waals surface area contributed by atoms with Crippen LogP contribution in [0.15, 0.2) is 12.1 Å². The highest BCUT2D eigenvalue weighted by Gasteiger charge is 2.25. The molecule has 1 unspecified atom stereocenters. The molecule has 8 nitrogen and oxygen atoms in total. The first-order valence-electron chi connectivity index (χ1n) is 6.73. The molecule has 0 aliphatic carbocycles. The molecule has 1 amide bonds. The van der Waals surface area contributed by atoms with E-state index in [2.05, 4.69) is 0 Å². The third-order valence-electron chi connectivity index (χ3n) is 3.30. The van der Waals surface area contributed by atoms with Crippen LogP contribution in [0, 0.1) is 27.4 Å². The Bertz CT molecular complexity index is 620. The van der Waals surface area contributed by atoms with Gasteiger partial charge in [-0.3, -0.25) is 14.9 Å². The fraction of sp³-hybridized carbons (Fsp3) is 0.429. The van der Waals surface area contributed by atoms with Gasteiger partial charge < -0.3 is 15.1 Å². The molecule has 0 spiro atoms. The second-order valence-electron chi connectivity index (χ2n) is 4.64. The minimum absolute atomic E-state index is 0.0828. The van der Waals surface area contributed by atoms with Crippen LogP contribution in [-0.2, 0) is 11.2 Å². The highest BCUT2D eigenvalue weighted by molar-refractivity contribution is 5.81. The standard InChI is InChI=1S/C14H17N3O5/c1-3-16(4-2)14(20)10(8-15)5-9-6-11(17(21)22)13(19)12(18)7-9/h6-7,10,18-19H,3-5H2,1-2H3. The number of rotatable bonds is 6. The lowest BCUT2D eigenvalue weighted by molar-refractivity contribution is -0.386. The van der Waals surface area contributed by atoms with Crippen LogP contribution in [0.25, 0.3) is 0 Å². The molecule has 0 bridgehead atoms. The van der Waals surface area contributed by atoms with Crippen LogP contribution in [0.3, 0.4) is 0 Å². The van der Waals surface area contributed by atoms with Crippen LogP contribution < -0.4 is 0 Å². The zero-order valence-electron chi connectivity index (χ0n) is 12.3. The van der Waals surface area contributed by atoms with Gasteiger partial charge in [-0.15, -0.1) is 0 Å². The van der Waals surface area contributed by atoms with Crippen molar-refractivity contribution < 1.29 is 19.9 Å². The maximum atomic E-state index is 12.2. The number of hydrogen-bond acceptors (Lipinski definition) is 6. The normalized spacial score (nSPS) is 11.5. The smallest absolute Gasteiger partial charge is 0.314 e. The van der Waals surface area contributed by atoms with Gasteiger partial charge >= 0.3 is 5.69 Å². The van der Waals surface area contributed by atoms with Gasteiger partial charge in [-0.2, -0.15) is 5.26 Å². The predicted molar refractivity (Wildman–Crippen MR) is 77.2 cm³/mol. The van der Waals surface area contributed by atoms with Crippen molar-refractivity contribution in [3.05, 3.63) is 27.8 Å². The Labute approximate surface area is 127 Å². The van der Waals surface area contributed by atoms with Gasteiger partial charge in [0, 0.05) is 19.2 Å². The molecule has 0 saturated carbocycles. The van der Waals surface area contributed by atoms with Crippen molar-refractivity contribution in [1.82, 2.24) is 4.90 Å². The third-order valence-corrected chi connectivity index (χ3v) is 3.30. The van der Waals surface area contributed by atoms with E-state index in [4.69, 9.17) is 5.26 Å². The average Bonchev–Trinajstić information content (AvgIpc) is 2.48. The molecular weight excluding hydrogens is 290 g/mol.